The van der Waals surface area contributed by atoms with E-state index >= 15 is 0 Å². The van der Waals surface area contributed by atoms with Crippen LogP contribution in [0.3, 0.4) is 0 Å². The summed E-state index contributed by atoms with van der Waals surface area (Å²) in [6.07, 6.45) is 6.43. The molecule has 0 spiro atoms. The van der Waals surface area contributed by atoms with Crippen molar-refractivity contribution in [2.45, 2.75) is 31.9 Å². The van der Waals surface area contributed by atoms with E-state index in [1.165, 1.54) is 0 Å². The lowest BCUT2D eigenvalue weighted by atomic mass is 10.1. The Kier molecular flexibility index (Phi) is 6.23. The van der Waals surface area contributed by atoms with Crippen LogP contribution in [-0.2, 0) is 27.9 Å². The SMILES string of the molecule is Cn1ccnc1CN1CCN(C(=O)CCOC2CCOCC2)CC1. The minimum atomic E-state index is 0.207. The topological polar surface area (TPSA) is 59.8 Å². The molecule has 24 heavy (non-hydrogen) atoms. The molecule has 2 fully saturated rings. The van der Waals surface area contributed by atoms with Gasteiger partial charge >= 0.3 is 0 Å². The van der Waals surface area contributed by atoms with E-state index in [9.17, 15) is 4.79 Å². The van der Waals surface area contributed by atoms with Crippen LogP contribution >= 0.6 is 0 Å². The van der Waals surface area contributed by atoms with Crippen LogP contribution in [0.2, 0.25) is 0 Å². The van der Waals surface area contributed by atoms with Gasteiger partial charge in [-0.1, -0.05) is 0 Å². The number of nitrogens with zero attached hydrogens (tertiary/aromatic N) is 4. The Labute approximate surface area is 143 Å². The molecule has 0 aromatic carbocycles. The van der Waals surface area contributed by atoms with Crippen molar-refractivity contribution in [2.24, 2.45) is 7.05 Å². The van der Waals surface area contributed by atoms with Crippen molar-refractivity contribution in [1.29, 1.82) is 0 Å². The Balaban J connectivity index is 1.33. The number of rotatable bonds is 6. The first-order valence-electron chi connectivity index (χ1n) is 8.88. The maximum Gasteiger partial charge on any atom is 0.224 e. The molecule has 0 saturated carbocycles. The van der Waals surface area contributed by atoms with Gasteiger partial charge in [-0.2, -0.15) is 0 Å². The summed E-state index contributed by atoms with van der Waals surface area (Å²) in [6.45, 7) is 6.31. The molecule has 3 rings (SSSR count). The molecule has 1 aromatic rings. The highest BCUT2D eigenvalue weighted by atomic mass is 16.5. The molecule has 1 amide bonds. The number of piperazine rings is 1. The van der Waals surface area contributed by atoms with Crippen LogP contribution in [0.15, 0.2) is 12.4 Å². The monoisotopic (exact) mass is 336 g/mol. The Bertz CT molecular complexity index is 520. The van der Waals surface area contributed by atoms with Crippen LogP contribution in [0.5, 0.6) is 0 Å². The van der Waals surface area contributed by atoms with Crippen LogP contribution in [-0.4, -0.2) is 77.4 Å². The lowest BCUT2D eigenvalue weighted by Gasteiger charge is -2.34. The minimum absolute atomic E-state index is 0.207. The molecule has 0 aliphatic carbocycles. The van der Waals surface area contributed by atoms with Crippen LogP contribution in [0.1, 0.15) is 25.1 Å². The van der Waals surface area contributed by atoms with E-state index in [1.54, 1.807) is 0 Å². The van der Waals surface area contributed by atoms with Crippen molar-refractivity contribution >= 4 is 5.91 Å². The van der Waals surface area contributed by atoms with Crippen LogP contribution in [0.4, 0.5) is 0 Å². The Morgan fingerprint density at radius 1 is 1.29 bits per heavy atom. The van der Waals surface area contributed by atoms with Gasteiger partial charge in [-0.3, -0.25) is 9.69 Å². The number of carbonyl (C=O) groups is 1. The van der Waals surface area contributed by atoms with E-state index < -0.39 is 0 Å². The summed E-state index contributed by atoms with van der Waals surface area (Å²) in [5, 5.41) is 0. The van der Waals surface area contributed by atoms with Crippen molar-refractivity contribution in [3.63, 3.8) is 0 Å². The molecular weight excluding hydrogens is 308 g/mol. The predicted octanol–water partition coefficient (Wildman–Crippen LogP) is 0.650. The number of aryl methyl sites for hydroxylation is 1. The molecule has 2 saturated heterocycles. The molecule has 0 bridgehead atoms. The standard InChI is InChI=1S/C17H28N4O3/c1-19-6-5-18-16(19)14-20-7-9-21(10-8-20)17(22)4-13-24-15-2-11-23-12-3-15/h5-6,15H,2-4,7-14H2,1H3. The summed E-state index contributed by atoms with van der Waals surface area (Å²) in [5.74, 6) is 1.28. The average Bonchev–Trinajstić information content (AvgIpc) is 3.01. The first kappa shape index (κ1) is 17.4. The van der Waals surface area contributed by atoms with Crippen LogP contribution in [0, 0.1) is 0 Å². The zero-order valence-corrected chi connectivity index (χ0v) is 14.5. The van der Waals surface area contributed by atoms with Gasteiger partial charge in [-0.25, -0.2) is 4.98 Å². The molecule has 7 heteroatoms. The van der Waals surface area contributed by atoms with Gasteiger partial charge in [0.2, 0.25) is 5.91 Å². The van der Waals surface area contributed by atoms with Gasteiger partial charge < -0.3 is 18.9 Å². The number of ether oxygens (including phenoxy) is 2. The van der Waals surface area contributed by atoms with Crippen molar-refractivity contribution in [3.8, 4) is 0 Å². The lowest BCUT2D eigenvalue weighted by molar-refractivity contribution is -0.135. The molecule has 0 unspecified atom stereocenters. The van der Waals surface area contributed by atoms with Crippen molar-refractivity contribution in [2.75, 3.05) is 46.0 Å². The zero-order chi connectivity index (χ0) is 16.8. The van der Waals surface area contributed by atoms with E-state index in [0.29, 0.717) is 13.0 Å². The number of aromatic nitrogens is 2. The number of hydrogen-bond acceptors (Lipinski definition) is 5. The molecule has 134 valence electrons. The Morgan fingerprint density at radius 2 is 2.04 bits per heavy atom. The van der Waals surface area contributed by atoms with Gasteiger partial charge in [0.25, 0.3) is 0 Å². The van der Waals surface area contributed by atoms with E-state index in [2.05, 4.69) is 9.88 Å². The fraction of sp³-hybridized carbons (Fsp3) is 0.765. The van der Waals surface area contributed by atoms with E-state index in [-0.39, 0.29) is 12.0 Å². The number of amides is 1. The molecule has 1 aromatic heterocycles. The molecule has 7 nitrogen and oxygen atoms in total. The van der Waals surface area contributed by atoms with Gasteiger partial charge in [-0.05, 0) is 12.8 Å². The van der Waals surface area contributed by atoms with Crippen molar-refractivity contribution < 1.29 is 14.3 Å². The molecule has 0 atom stereocenters. The maximum absolute atomic E-state index is 12.3. The summed E-state index contributed by atoms with van der Waals surface area (Å²) in [6, 6.07) is 0. The quantitative estimate of drug-likeness (QED) is 0.763. The highest BCUT2D eigenvalue weighted by molar-refractivity contribution is 5.76. The highest BCUT2D eigenvalue weighted by Gasteiger charge is 2.22. The van der Waals surface area contributed by atoms with Gasteiger partial charge in [0.1, 0.15) is 5.82 Å². The van der Waals surface area contributed by atoms with E-state index in [0.717, 1.165) is 64.6 Å². The van der Waals surface area contributed by atoms with Gasteiger partial charge in [0.15, 0.2) is 0 Å². The first-order valence-corrected chi connectivity index (χ1v) is 8.88. The molecule has 0 radical (unpaired) electrons. The average molecular weight is 336 g/mol. The Morgan fingerprint density at radius 3 is 2.71 bits per heavy atom. The van der Waals surface area contributed by atoms with Crippen LogP contribution < -0.4 is 0 Å². The predicted molar refractivity (Wildman–Crippen MR) is 89.5 cm³/mol. The fourth-order valence-electron chi connectivity index (χ4n) is 3.22. The normalized spacial score (nSPS) is 20.5. The third-order valence-electron chi connectivity index (χ3n) is 4.85. The third-order valence-corrected chi connectivity index (χ3v) is 4.85. The summed E-state index contributed by atoms with van der Waals surface area (Å²) >= 11 is 0. The number of imidazole rings is 1. The zero-order valence-electron chi connectivity index (χ0n) is 14.5. The largest absolute Gasteiger partial charge is 0.381 e. The third kappa shape index (κ3) is 4.78. The van der Waals surface area contributed by atoms with Gasteiger partial charge in [0.05, 0.1) is 25.7 Å². The highest BCUT2D eigenvalue weighted by Crippen LogP contribution is 2.12. The van der Waals surface area contributed by atoms with Crippen LogP contribution in [0.25, 0.3) is 0 Å². The summed E-state index contributed by atoms with van der Waals surface area (Å²) in [7, 11) is 2.01. The molecule has 0 N–H and O–H groups in total. The summed E-state index contributed by atoms with van der Waals surface area (Å²) in [5.41, 5.74) is 0. The number of carbonyl (C=O) groups excluding carboxylic acids is 1. The molecule has 2 aliphatic heterocycles. The summed E-state index contributed by atoms with van der Waals surface area (Å²) < 4.78 is 13.2. The first-order chi connectivity index (χ1) is 11.7. The van der Waals surface area contributed by atoms with Gasteiger partial charge in [-0.15, -0.1) is 0 Å². The van der Waals surface area contributed by atoms with Gasteiger partial charge in [0, 0.05) is 58.8 Å². The second kappa shape index (κ2) is 8.60. The number of hydrogen-bond donors (Lipinski definition) is 0. The van der Waals surface area contributed by atoms with Crippen molar-refractivity contribution in [1.82, 2.24) is 19.4 Å². The second-order valence-corrected chi connectivity index (χ2v) is 6.54. The second-order valence-electron chi connectivity index (χ2n) is 6.54. The lowest BCUT2D eigenvalue weighted by Crippen LogP contribution is -2.48. The van der Waals surface area contributed by atoms with E-state index in [1.807, 2.05) is 28.9 Å². The van der Waals surface area contributed by atoms with Crippen molar-refractivity contribution in [3.05, 3.63) is 18.2 Å². The fourth-order valence-corrected chi connectivity index (χ4v) is 3.22. The Hall–Kier alpha value is -1.44. The van der Waals surface area contributed by atoms with E-state index in [4.69, 9.17) is 9.47 Å². The molecule has 3 heterocycles. The summed E-state index contributed by atoms with van der Waals surface area (Å²) in [4.78, 5) is 21.0. The maximum atomic E-state index is 12.3. The smallest absolute Gasteiger partial charge is 0.224 e. The molecular formula is C17H28N4O3. The molecule has 2 aliphatic rings. The minimum Gasteiger partial charge on any atom is -0.381 e.